The van der Waals surface area contributed by atoms with Gasteiger partial charge < -0.3 is 21.7 Å². The molecule has 0 atom stereocenters. The van der Waals surface area contributed by atoms with Crippen LogP contribution in [0.3, 0.4) is 0 Å². The molecule has 198 valence electrons. The van der Waals surface area contributed by atoms with Crippen molar-refractivity contribution in [2.75, 3.05) is 11.5 Å². The number of hydrogen-bond donors (Lipinski definition) is 4. The molecule has 0 aliphatic carbocycles. The van der Waals surface area contributed by atoms with E-state index in [-0.39, 0.29) is 12.1 Å². The number of benzene rings is 3. The van der Waals surface area contributed by atoms with Crippen LogP contribution in [0.1, 0.15) is 11.1 Å². The van der Waals surface area contributed by atoms with Gasteiger partial charge in [-0.25, -0.2) is 0 Å². The first-order valence-corrected chi connectivity index (χ1v) is 9.26. The molecule has 0 heterocycles. The van der Waals surface area contributed by atoms with Gasteiger partial charge in [-0.3, -0.25) is 0 Å². The fourth-order valence-electron chi connectivity index (χ4n) is 3.74. The maximum absolute atomic E-state index is 13.4. The summed E-state index contributed by atoms with van der Waals surface area (Å²) in [4.78, 5) is 0. The van der Waals surface area contributed by atoms with Crippen LogP contribution < -0.4 is 11.5 Å². The van der Waals surface area contributed by atoms with Crippen LogP contribution in [0, 0.1) is 0 Å². The lowest BCUT2D eigenvalue weighted by Gasteiger charge is -2.34. The van der Waals surface area contributed by atoms with E-state index in [1.54, 1.807) is 0 Å². The summed E-state index contributed by atoms with van der Waals surface area (Å²) in [6.07, 6.45) is -25.3. The second-order valence-corrected chi connectivity index (χ2v) is 7.80. The van der Waals surface area contributed by atoms with Crippen LogP contribution in [0.25, 0.3) is 21.5 Å². The highest BCUT2D eigenvalue weighted by molar-refractivity contribution is 6.06. The molecule has 0 amide bonds. The van der Waals surface area contributed by atoms with E-state index >= 15 is 0 Å². The topological polar surface area (TPSA) is 92.5 Å². The molecule has 0 bridgehead atoms. The molecular weight excluding hydrogens is 528 g/mol. The number of nitrogen functional groups attached to an aromatic ring is 2. The summed E-state index contributed by atoms with van der Waals surface area (Å²) < 4.78 is 160. The maximum atomic E-state index is 13.4. The molecule has 3 rings (SSSR count). The van der Waals surface area contributed by atoms with Gasteiger partial charge in [-0.2, -0.15) is 52.7 Å². The van der Waals surface area contributed by atoms with E-state index in [1.807, 2.05) is 0 Å². The Morgan fingerprint density at radius 1 is 0.472 bits per heavy atom. The zero-order valence-electron chi connectivity index (χ0n) is 17.0. The lowest BCUT2D eigenvalue weighted by molar-refractivity contribution is -0.376. The minimum absolute atomic E-state index is 0.136. The summed E-state index contributed by atoms with van der Waals surface area (Å²) in [6.45, 7) is 0. The molecule has 3 aromatic rings. The van der Waals surface area contributed by atoms with Gasteiger partial charge in [0.15, 0.2) is 0 Å². The van der Waals surface area contributed by atoms with Gasteiger partial charge in [0.1, 0.15) is 0 Å². The average molecular weight is 540 g/mol. The third kappa shape index (κ3) is 3.73. The predicted molar refractivity (Wildman–Crippen MR) is 102 cm³/mol. The zero-order valence-corrected chi connectivity index (χ0v) is 17.0. The molecule has 6 N–H and O–H groups in total. The van der Waals surface area contributed by atoms with E-state index in [9.17, 15) is 62.9 Å². The highest BCUT2D eigenvalue weighted by atomic mass is 19.4. The Balaban J connectivity index is 2.47. The molecule has 36 heavy (non-hydrogen) atoms. The van der Waals surface area contributed by atoms with Crippen molar-refractivity contribution in [3.63, 3.8) is 0 Å². The average Bonchev–Trinajstić information content (AvgIpc) is 2.68. The van der Waals surface area contributed by atoms with Crippen molar-refractivity contribution in [3.8, 4) is 0 Å². The van der Waals surface area contributed by atoms with Crippen LogP contribution >= 0.6 is 0 Å². The van der Waals surface area contributed by atoms with Crippen molar-refractivity contribution in [1.29, 1.82) is 0 Å². The van der Waals surface area contributed by atoms with Crippen molar-refractivity contribution >= 4 is 32.9 Å². The molecule has 3 aromatic carbocycles. The minimum Gasteiger partial charge on any atom is -0.398 e. The van der Waals surface area contributed by atoms with Gasteiger partial charge in [0.2, 0.25) is 0 Å². The summed E-state index contributed by atoms with van der Waals surface area (Å²) in [5.41, 5.74) is -5.47. The van der Waals surface area contributed by atoms with Crippen molar-refractivity contribution < 1.29 is 62.9 Å². The van der Waals surface area contributed by atoms with Crippen molar-refractivity contribution in [2.24, 2.45) is 0 Å². The van der Waals surface area contributed by atoms with E-state index in [1.165, 1.54) is 0 Å². The molecule has 0 radical (unpaired) electrons. The Labute approximate surface area is 191 Å². The summed E-state index contributed by atoms with van der Waals surface area (Å²) in [5, 5.41) is 16.7. The third-order valence-corrected chi connectivity index (χ3v) is 5.60. The van der Waals surface area contributed by atoms with Crippen LogP contribution in [0.4, 0.5) is 64.1 Å². The first-order valence-electron chi connectivity index (χ1n) is 9.26. The molecule has 0 unspecified atom stereocenters. The van der Waals surface area contributed by atoms with E-state index in [0.717, 1.165) is 0 Å². The lowest BCUT2D eigenvalue weighted by atomic mass is 9.85. The molecule has 0 saturated heterocycles. The van der Waals surface area contributed by atoms with E-state index < -0.39 is 80.0 Å². The molecule has 0 aliphatic rings. The van der Waals surface area contributed by atoms with E-state index in [0.29, 0.717) is 24.3 Å². The van der Waals surface area contributed by atoms with Gasteiger partial charge in [0.25, 0.3) is 11.2 Å². The van der Waals surface area contributed by atoms with Crippen LogP contribution in [0.5, 0.6) is 0 Å². The Bertz CT molecular complexity index is 1310. The van der Waals surface area contributed by atoms with Crippen molar-refractivity contribution in [3.05, 3.63) is 47.5 Å². The summed E-state index contributed by atoms with van der Waals surface area (Å²) in [5.74, 6) is 0. The zero-order chi connectivity index (χ0) is 27.9. The quantitative estimate of drug-likeness (QED) is 0.188. The van der Waals surface area contributed by atoms with Gasteiger partial charge in [-0.15, -0.1) is 0 Å². The van der Waals surface area contributed by atoms with Gasteiger partial charge in [0, 0.05) is 27.9 Å². The lowest BCUT2D eigenvalue weighted by Crippen LogP contribution is -2.54. The van der Waals surface area contributed by atoms with Crippen LogP contribution in [-0.2, 0) is 11.2 Å². The number of halogens is 12. The van der Waals surface area contributed by atoms with Gasteiger partial charge >= 0.3 is 24.7 Å². The summed E-state index contributed by atoms with van der Waals surface area (Å²) >= 11 is 0. The number of nitrogens with two attached hydrogens (primary N) is 2. The Hall–Kier alpha value is -3.14. The van der Waals surface area contributed by atoms with Crippen LogP contribution in [0.2, 0.25) is 0 Å². The first-order chi connectivity index (χ1) is 16.0. The fraction of sp³-hybridized carbons (Fsp3) is 0.300. The van der Waals surface area contributed by atoms with Crippen molar-refractivity contribution in [2.45, 2.75) is 35.9 Å². The minimum atomic E-state index is -6.33. The monoisotopic (exact) mass is 540 g/mol. The summed E-state index contributed by atoms with van der Waals surface area (Å²) in [6, 6.07) is 2.42. The number of alkyl halides is 12. The molecule has 16 heteroatoms. The molecule has 4 nitrogen and oxygen atoms in total. The molecule has 0 aliphatic heterocycles. The van der Waals surface area contributed by atoms with Crippen molar-refractivity contribution in [1.82, 2.24) is 0 Å². The van der Waals surface area contributed by atoms with Crippen LogP contribution in [0.15, 0.2) is 36.4 Å². The molecule has 0 fully saturated rings. The van der Waals surface area contributed by atoms with Crippen LogP contribution in [-0.4, -0.2) is 34.9 Å². The Morgan fingerprint density at radius 2 is 0.861 bits per heavy atom. The highest BCUT2D eigenvalue weighted by Gasteiger charge is 2.73. The number of hydrogen-bond acceptors (Lipinski definition) is 4. The second kappa shape index (κ2) is 7.68. The smallest absolute Gasteiger partial charge is 0.398 e. The fourth-order valence-corrected chi connectivity index (χ4v) is 3.74. The molecule has 0 saturated carbocycles. The largest absolute Gasteiger partial charge is 0.430 e. The standard InChI is InChI=1S/C20H12F12N2O2/c21-17(22,23)15(35,18(24,25)26)11-1-2-13(33)10-4-7-5-12(14(34)6-8(7)3-9(10)11)16(36,19(27,28)29)20(30,31)32/h1-6,35-36H,33-34H2. The maximum Gasteiger partial charge on any atom is 0.430 e. The van der Waals surface area contributed by atoms with Gasteiger partial charge in [-0.1, -0.05) is 6.07 Å². The first kappa shape index (κ1) is 27.4. The predicted octanol–water partition coefficient (Wildman–Crippen LogP) is 5.78. The Morgan fingerprint density at radius 3 is 1.31 bits per heavy atom. The summed E-state index contributed by atoms with van der Waals surface area (Å²) in [7, 11) is 0. The van der Waals surface area contributed by atoms with E-state index in [4.69, 9.17) is 11.5 Å². The highest BCUT2D eigenvalue weighted by Crippen LogP contribution is 2.54. The number of anilines is 2. The van der Waals surface area contributed by atoms with Gasteiger partial charge in [0.05, 0.1) is 0 Å². The number of rotatable bonds is 2. The molecular formula is C20H12F12N2O2. The molecule has 0 spiro atoms. The SMILES string of the molecule is Nc1cc2cc3c(C(O)(C(F)(F)F)C(F)(F)F)ccc(N)c3cc2cc1C(O)(C(F)(F)F)C(F)(F)F. The number of aliphatic hydroxyl groups is 2. The Kier molecular flexibility index (Phi) is 5.85. The molecule has 0 aromatic heterocycles. The number of fused-ring (bicyclic) bond motifs is 2. The normalized spacial score (nSPS) is 14.6. The third-order valence-electron chi connectivity index (χ3n) is 5.60. The second-order valence-electron chi connectivity index (χ2n) is 7.80. The van der Waals surface area contributed by atoms with Gasteiger partial charge in [-0.05, 0) is 46.5 Å². The van der Waals surface area contributed by atoms with E-state index in [2.05, 4.69) is 0 Å².